The number of benzene rings is 1. The quantitative estimate of drug-likeness (QED) is 0.922. The van der Waals surface area contributed by atoms with E-state index in [2.05, 4.69) is 40.3 Å². The molecule has 1 aliphatic rings. The third-order valence-electron chi connectivity index (χ3n) is 3.67. The van der Waals surface area contributed by atoms with Gasteiger partial charge < -0.3 is 15.1 Å². The molecule has 1 saturated heterocycles. The Morgan fingerprint density at radius 3 is 2.89 bits per heavy atom. The second kappa shape index (κ2) is 5.92. The van der Waals surface area contributed by atoms with Gasteiger partial charge in [-0.1, -0.05) is 22.0 Å². The third kappa shape index (κ3) is 2.92. The number of likely N-dealkylation sites (N-methyl/N-ethyl adjacent to an activating group) is 2. The van der Waals surface area contributed by atoms with Crippen LogP contribution in [0.3, 0.4) is 0 Å². The van der Waals surface area contributed by atoms with Gasteiger partial charge in [-0.05, 0) is 37.2 Å². The summed E-state index contributed by atoms with van der Waals surface area (Å²) in [6.07, 6.45) is 0. The molecule has 104 valence electrons. The van der Waals surface area contributed by atoms with Crippen molar-refractivity contribution in [2.45, 2.75) is 13.0 Å². The summed E-state index contributed by atoms with van der Waals surface area (Å²) in [6, 6.07) is 6.50. The molecule has 1 aromatic rings. The number of aryl methyl sites for hydroxylation is 1. The van der Waals surface area contributed by atoms with Gasteiger partial charge in [0.1, 0.15) is 0 Å². The minimum atomic E-state index is 0.111. The summed E-state index contributed by atoms with van der Waals surface area (Å²) in [6.45, 7) is 4.43. The zero-order valence-corrected chi connectivity index (χ0v) is 13.2. The molecule has 1 heterocycles. The van der Waals surface area contributed by atoms with Crippen molar-refractivity contribution in [1.82, 2.24) is 15.1 Å². The van der Waals surface area contributed by atoms with Crippen LogP contribution in [0.2, 0.25) is 0 Å². The Labute approximate surface area is 122 Å². The molecule has 0 aliphatic carbocycles. The van der Waals surface area contributed by atoms with E-state index in [1.54, 1.807) is 0 Å². The summed E-state index contributed by atoms with van der Waals surface area (Å²) in [5.74, 6) is 0. The molecule has 0 saturated carbocycles. The van der Waals surface area contributed by atoms with E-state index in [1.807, 2.05) is 30.0 Å². The first-order valence-electron chi connectivity index (χ1n) is 6.47. The van der Waals surface area contributed by atoms with Gasteiger partial charge >= 0.3 is 6.03 Å². The zero-order chi connectivity index (χ0) is 14.0. The van der Waals surface area contributed by atoms with E-state index < -0.39 is 0 Å². The van der Waals surface area contributed by atoms with Crippen LogP contribution in [-0.4, -0.2) is 49.6 Å². The van der Waals surface area contributed by atoms with Crippen molar-refractivity contribution >= 4 is 22.0 Å². The summed E-state index contributed by atoms with van der Waals surface area (Å²) < 4.78 is 1.06. The molecule has 0 bridgehead atoms. The van der Waals surface area contributed by atoms with Gasteiger partial charge in [0.05, 0.1) is 6.04 Å². The molecule has 1 aliphatic heterocycles. The van der Waals surface area contributed by atoms with Crippen LogP contribution in [0.1, 0.15) is 17.2 Å². The Morgan fingerprint density at radius 2 is 2.21 bits per heavy atom. The number of nitrogens with zero attached hydrogens (tertiary/aromatic N) is 2. The largest absolute Gasteiger partial charge is 0.321 e. The number of amides is 2. The molecule has 1 fully saturated rings. The van der Waals surface area contributed by atoms with E-state index >= 15 is 0 Å². The maximum absolute atomic E-state index is 12.2. The van der Waals surface area contributed by atoms with Crippen LogP contribution < -0.4 is 5.32 Å². The van der Waals surface area contributed by atoms with Gasteiger partial charge in [-0.25, -0.2) is 4.79 Å². The Balaban J connectivity index is 2.21. The standard InChI is InChI=1S/C14H20BrN3O/c1-10-4-5-11(15)8-12(10)13-9-18(7-6-16-2)14(19)17(13)3/h4-5,8,13,16H,6-7,9H2,1-3H3. The van der Waals surface area contributed by atoms with Crippen molar-refractivity contribution in [3.05, 3.63) is 33.8 Å². The number of hydrogen-bond donors (Lipinski definition) is 1. The number of rotatable bonds is 4. The van der Waals surface area contributed by atoms with Gasteiger partial charge in [-0.15, -0.1) is 0 Å². The van der Waals surface area contributed by atoms with Gasteiger partial charge in [0.25, 0.3) is 0 Å². The summed E-state index contributed by atoms with van der Waals surface area (Å²) in [5, 5.41) is 3.09. The van der Waals surface area contributed by atoms with Crippen LogP contribution in [-0.2, 0) is 0 Å². The number of carbonyl (C=O) groups is 1. The second-order valence-electron chi connectivity index (χ2n) is 4.96. The molecule has 0 aromatic heterocycles. The van der Waals surface area contributed by atoms with E-state index in [-0.39, 0.29) is 12.1 Å². The summed E-state index contributed by atoms with van der Waals surface area (Å²) >= 11 is 3.51. The molecule has 1 atom stereocenters. The first kappa shape index (κ1) is 14.3. The molecule has 5 heteroatoms. The van der Waals surface area contributed by atoms with Gasteiger partial charge in [-0.2, -0.15) is 0 Å². The van der Waals surface area contributed by atoms with Gasteiger partial charge in [-0.3, -0.25) is 0 Å². The van der Waals surface area contributed by atoms with Crippen LogP contribution in [0.15, 0.2) is 22.7 Å². The lowest BCUT2D eigenvalue weighted by molar-refractivity contribution is 0.196. The van der Waals surface area contributed by atoms with Crippen molar-refractivity contribution in [3.63, 3.8) is 0 Å². The van der Waals surface area contributed by atoms with Crippen LogP contribution in [0.4, 0.5) is 4.79 Å². The van der Waals surface area contributed by atoms with Gasteiger partial charge in [0.2, 0.25) is 0 Å². The molecule has 0 spiro atoms. The normalized spacial score (nSPS) is 19.4. The van der Waals surface area contributed by atoms with Crippen LogP contribution in [0.25, 0.3) is 0 Å². The SMILES string of the molecule is CNCCN1CC(c2cc(Br)ccc2C)N(C)C1=O. The Hall–Kier alpha value is -1.07. The Bertz CT molecular complexity index is 478. The van der Waals surface area contributed by atoms with Crippen LogP contribution in [0.5, 0.6) is 0 Å². The highest BCUT2D eigenvalue weighted by Gasteiger charge is 2.35. The molecule has 4 nitrogen and oxygen atoms in total. The molecule has 0 radical (unpaired) electrons. The fourth-order valence-corrected chi connectivity index (χ4v) is 2.86. The highest BCUT2D eigenvalue weighted by atomic mass is 79.9. The van der Waals surface area contributed by atoms with Crippen LogP contribution in [0, 0.1) is 6.92 Å². The van der Waals surface area contributed by atoms with Crippen molar-refractivity contribution < 1.29 is 4.79 Å². The fourth-order valence-electron chi connectivity index (χ4n) is 2.48. The van der Waals surface area contributed by atoms with Crippen LogP contribution >= 0.6 is 15.9 Å². The molecule has 1 unspecified atom stereocenters. The number of hydrogen-bond acceptors (Lipinski definition) is 2. The number of carbonyl (C=O) groups excluding carboxylic acids is 1. The maximum Gasteiger partial charge on any atom is 0.320 e. The van der Waals surface area contributed by atoms with Gasteiger partial charge in [0, 0.05) is 31.2 Å². The average molecular weight is 326 g/mol. The molecule has 2 amide bonds. The lowest BCUT2D eigenvalue weighted by atomic mass is 10.0. The highest BCUT2D eigenvalue weighted by molar-refractivity contribution is 9.10. The van der Waals surface area contributed by atoms with E-state index in [0.29, 0.717) is 0 Å². The average Bonchev–Trinajstić information content (AvgIpc) is 2.67. The van der Waals surface area contributed by atoms with E-state index in [4.69, 9.17) is 0 Å². The lowest BCUT2D eigenvalue weighted by Crippen LogP contribution is -2.34. The minimum Gasteiger partial charge on any atom is -0.321 e. The summed E-state index contributed by atoms with van der Waals surface area (Å²) in [7, 11) is 3.78. The van der Waals surface area contributed by atoms with Crippen molar-refractivity contribution in [2.24, 2.45) is 0 Å². The smallest absolute Gasteiger partial charge is 0.320 e. The summed E-state index contributed by atoms with van der Waals surface area (Å²) in [4.78, 5) is 15.9. The monoisotopic (exact) mass is 325 g/mol. The van der Waals surface area contributed by atoms with Crippen molar-refractivity contribution in [2.75, 3.05) is 33.7 Å². The van der Waals surface area contributed by atoms with E-state index in [1.165, 1.54) is 11.1 Å². The highest BCUT2D eigenvalue weighted by Crippen LogP contribution is 2.31. The van der Waals surface area contributed by atoms with E-state index in [0.717, 1.165) is 24.1 Å². The number of nitrogens with one attached hydrogen (secondary N) is 1. The Kier molecular flexibility index (Phi) is 4.47. The predicted molar refractivity (Wildman–Crippen MR) is 80.3 cm³/mol. The van der Waals surface area contributed by atoms with Gasteiger partial charge in [0.15, 0.2) is 0 Å². The number of urea groups is 1. The molecule has 1 aromatic carbocycles. The maximum atomic E-state index is 12.2. The first-order valence-corrected chi connectivity index (χ1v) is 7.26. The summed E-state index contributed by atoms with van der Waals surface area (Å²) in [5.41, 5.74) is 2.44. The van der Waals surface area contributed by atoms with Crippen molar-refractivity contribution in [1.29, 1.82) is 0 Å². The lowest BCUT2D eigenvalue weighted by Gasteiger charge is -2.20. The van der Waals surface area contributed by atoms with E-state index in [9.17, 15) is 4.79 Å². The number of halogens is 1. The zero-order valence-electron chi connectivity index (χ0n) is 11.6. The first-order chi connectivity index (χ1) is 9.04. The predicted octanol–water partition coefficient (Wildman–Crippen LogP) is 2.39. The third-order valence-corrected chi connectivity index (χ3v) is 4.16. The molecule has 19 heavy (non-hydrogen) atoms. The topological polar surface area (TPSA) is 35.6 Å². The van der Waals surface area contributed by atoms with Crippen molar-refractivity contribution in [3.8, 4) is 0 Å². The molecule has 1 N–H and O–H groups in total. The minimum absolute atomic E-state index is 0.111. The molecular weight excluding hydrogens is 306 g/mol. The fraction of sp³-hybridized carbons (Fsp3) is 0.500. The molecular formula is C14H20BrN3O. The molecule has 2 rings (SSSR count). The Morgan fingerprint density at radius 1 is 1.47 bits per heavy atom. The second-order valence-corrected chi connectivity index (χ2v) is 5.88.